The molecule has 14 heteroatoms. The van der Waals surface area contributed by atoms with Crippen LogP contribution in [0.15, 0.2) is 80.4 Å². The minimum Gasteiger partial charge on any atom is -0.403 e. The van der Waals surface area contributed by atoms with Gasteiger partial charge in [0.25, 0.3) is 0 Å². The van der Waals surface area contributed by atoms with Gasteiger partial charge in [0.05, 0.1) is 32.0 Å². The third kappa shape index (κ3) is 11.6. The van der Waals surface area contributed by atoms with E-state index < -0.39 is 0 Å². The van der Waals surface area contributed by atoms with Crippen LogP contribution in [0.25, 0.3) is 80.7 Å². The number of benzene rings is 4. The molecule has 1 aliphatic rings. The first kappa shape index (κ1) is 50.9. The summed E-state index contributed by atoms with van der Waals surface area (Å²) in [6.45, 7) is 19.5. The average Bonchev–Trinajstić information content (AvgIpc) is 4.17. The van der Waals surface area contributed by atoms with Crippen LogP contribution in [0.1, 0.15) is 83.9 Å². The van der Waals surface area contributed by atoms with Crippen LogP contribution in [0, 0.1) is 0 Å². The summed E-state index contributed by atoms with van der Waals surface area (Å²) in [7, 11) is -0.119. The topological polar surface area (TPSA) is 46.2 Å². The minimum atomic E-state index is -0.218. The zero-order chi connectivity index (χ0) is 47.6. The maximum Gasteiger partial charge on any atom is 0.460 e. The molecule has 0 saturated carbocycles. The quantitative estimate of drug-likeness (QED) is 0.0713. The Balaban J connectivity index is 0.000000140. The Hall–Kier alpha value is -2.02. The van der Waals surface area contributed by atoms with Crippen LogP contribution in [0.2, 0.25) is 6.32 Å². The molecule has 11 rings (SSSR count). The van der Waals surface area contributed by atoms with E-state index in [1.165, 1.54) is 111 Å². The fraction of sp³-hybridized carbons (Fsp3) is 0.407. The lowest BCUT2D eigenvalue weighted by Gasteiger charge is -2.32. The fourth-order valence-corrected chi connectivity index (χ4v) is 16.3. The Morgan fingerprint density at radius 3 is 1.21 bits per heavy atom. The largest absolute Gasteiger partial charge is 0.460 e. The molecule has 10 aromatic rings. The van der Waals surface area contributed by atoms with E-state index in [0.717, 1.165) is 65.0 Å². The molecule has 7 heterocycles. The highest BCUT2D eigenvalue weighted by atomic mass is 79.9. The highest BCUT2D eigenvalue weighted by Gasteiger charge is 2.50. The van der Waals surface area contributed by atoms with Crippen molar-refractivity contribution < 1.29 is 23.5 Å². The van der Waals surface area contributed by atoms with Crippen molar-refractivity contribution >= 4 is 188 Å². The molecule has 358 valence electrons. The molecule has 0 spiro atoms. The second-order valence-corrected chi connectivity index (χ2v) is 27.8. The summed E-state index contributed by atoms with van der Waals surface area (Å²) < 4.78 is 41.9. The van der Waals surface area contributed by atoms with Crippen molar-refractivity contribution in [2.24, 2.45) is 0 Å². The molecule has 0 N–H and O–H groups in total. The summed E-state index contributed by atoms with van der Waals surface area (Å²) >= 11 is 18.4. The molecule has 0 bridgehead atoms. The summed E-state index contributed by atoms with van der Waals surface area (Å²) in [6, 6.07) is 28.1. The predicted molar refractivity (Wildman–Crippen MR) is 312 cm³/mol. The molecular weight excluding hydrogens is 1090 g/mol. The number of hydrogen-bond acceptors (Lipinski definition) is 11. The molecule has 4 aromatic carbocycles. The Morgan fingerprint density at radius 2 is 0.824 bits per heavy atom. The Kier molecular flexibility index (Phi) is 16.8. The number of ether oxygens (including phenoxy) is 3. The van der Waals surface area contributed by atoms with Crippen molar-refractivity contribution in [3.63, 3.8) is 0 Å². The summed E-state index contributed by atoms with van der Waals surface area (Å²) in [5.41, 5.74) is -0.437. The van der Waals surface area contributed by atoms with E-state index >= 15 is 0 Å². The highest BCUT2D eigenvalue weighted by molar-refractivity contribution is 9.11. The summed E-state index contributed by atoms with van der Waals surface area (Å²) in [5, 5.41) is 10.9. The van der Waals surface area contributed by atoms with Crippen molar-refractivity contribution in [3.05, 3.63) is 90.1 Å². The van der Waals surface area contributed by atoms with E-state index in [1.807, 2.05) is 52.3 Å². The number of thiophene rings is 6. The molecule has 0 unspecified atom stereocenters. The molecule has 0 aliphatic carbocycles. The summed E-state index contributed by atoms with van der Waals surface area (Å²) in [6.07, 6.45) is 7.53. The summed E-state index contributed by atoms with van der Waals surface area (Å²) in [4.78, 5) is 2.85. The normalized spacial score (nSPS) is 14.7. The number of unbranched alkanes of at least 4 members (excludes halogenated alkanes) is 2. The van der Waals surface area contributed by atoms with Crippen molar-refractivity contribution in [2.75, 3.05) is 39.6 Å². The molecule has 68 heavy (non-hydrogen) atoms. The predicted octanol–water partition coefficient (Wildman–Crippen LogP) is 19.3. The third-order valence-corrected chi connectivity index (χ3v) is 20.6. The Bertz CT molecular complexity index is 3110. The van der Waals surface area contributed by atoms with Gasteiger partial charge in [-0.25, -0.2) is 0 Å². The van der Waals surface area contributed by atoms with Crippen LogP contribution in [-0.2, 0) is 36.4 Å². The van der Waals surface area contributed by atoms with Crippen LogP contribution in [0.5, 0.6) is 0 Å². The zero-order valence-electron chi connectivity index (χ0n) is 39.9. The second kappa shape index (κ2) is 22.4. The second-order valence-electron chi connectivity index (χ2n) is 18.4. The van der Waals surface area contributed by atoms with E-state index in [4.69, 9.17) is 23.5 Å². The van der Waals surface area contributed by atoms with Crippen LogP contribution < -0.4 is 0 Å². The molecule has 1 fully saturated rings. The number of hydrogen-bond donors (Lipinski definition) is 0. The van der Waals surface area contributed by atoms with E-state index in [2.05, 4.69) is 146 Å². The third-order valence-electron chi connectivity index (χ3n) is 12.8. The zero-order valence-corrected chi connectivity index (χ0v) is 48.0. The van der Waals surface area contributed by atoms with E-state index in [0.29, 0.717) is 6.61 Å². The average molecular weight is 1150 g/mol. The van der Waals surface area contributed by atoms with E-state index in [1.54, 1.807) is 22.7 Å². The van der Waals surface area contributed by atoms with Gasteiger partial charge in [-0.05, 0) is 174 Å². The van der Waals surface area contributed by atoms with Crippen molar-refractivity contribution in [2.45, 2.75) is 105 Å². The first-order chi connectivity index (χ1) is 32.8. The number of rotatable bonds is 16. The molecule has 0 atom stereocenters. The van der Waals surface area contributed by atoms with Gasteiger partial charge in [0.15, 0.2) is 0 Å². The molecule has 0 amide bonds. The molecule has 1 saturated heterocycles. The van der Waals surface area contributed by atoms with Crippen LogP contribution in [0.3, 0.4) is 0 Å². The summed E-state index contributed by atoms with van der Waals surface area (Å²) in [5.74, 6) is 0. The maximum absolute atomic E-state index is 5.81. The Morgan fingerprint density at radius 1 is 0.441 bits per heavy atom. The number of fused-ring (bicyclic) bond motifs is 10. The van der Waals surface area contributed by atoms with Crippen molar-refractivity contribution in [3.8, 4) is 0 Å². The van der Waals surface area contributed by atoms with E-state index in [9.17, 15) is 0 Å². The Labute approximate surface area is 441 Å². The van der Waals surface area contributed by atoms with Gasteiger partial charge in [0.2, 0.25) is 0 Å². The van der Waals surface area contributed by atoms with Crippen molar-refractivity contribution in [1.82, 2.24) is 0 Å². The lowest BCUT2D eigenvalue weighted by molar-refractivity contribution is 0.00578. The lowest BCUT2D eigenvalue weighted by Crippen LogP contribution is -2.41. The van der Waals surface area contributed by atoms with Crippen LogP contribution >= 0.6 is 99.9 Å². The molecule has 6 aromatic heterocycles. The molecule has 1 aliphatic heterocycles. The van der Waals surface area contributed by atoms with Gasteiger partial charge < -0.3 is 23.5 Å². The standard InChI is InChI=1S/C28H32O2S3.C16H6Br2S3.C10H21BO3/c1-3-5-9-29-11-7-21-13-19-15-23-24-16-20-14-22(8-12-30-10-6-4-2)32-26(20)18-28(24)33-27(23)17-25(19)31-21;17-15-3-7-1-9-10-2-8-4-16(18)21-12(8)6-14(10)19-13(9)5-11(7)20-15;1-6-12-8-7-11-13-9(2,3)10(4,5)14-11/h13-18H,3-12H2,1-2H3;1-6H;6-8H2,1-5H3. The maximum atomic E-state index is 5.81. The number of halogens is 2. The highest BCUT2D eigenvalue weighted by Crippen LogP contribution is 2.44. The van der Waals surface area contributed by atoms with Gasteiger partial charge >= 0.3 is 7.12 Å². The van der Waals surface area contributed by atoms with Gasteiger partial charge in [-0.3, -0.25) is 0 Å². The van der Waals surface area contributed by atoms with Gasteiger partial charge in [-0.1, -0.05) is 26.7 Å². The first-order valence-corrected chi connectivity index (χ1v) is 30.3. The molecule has 5 nitrogen and oxygen atoms in total. The molecule has 0 radical (unpaired) electrons. The van der Waals surface area contributed by atoms with Crippen LogP contribution in [0.4, 0.5) is 0 Å². The lowest BCUT2D eigenvalue weighted by atomic mass is 9.86. The fourth-order valence-electron chi connectivity index (χ4n) is 8.43. The molecular formula is C54H59BBr2O5S6. The monoisotopic (exact) mass is 1150 g/mol. The smallest absolute Gasteiger partial charge is 0.403 e. The van der Waals surface area contributed by atoms with Crippen LogP contribution in [-0.4, -0.2) is 58.0 Å². The van der Waals surface area contributed by atoms with Gasteiger partial charge in [-0.15, -0.1) is 68.0 Å². The van der Waals surface area contributed by atoms with Crippen molar-refractivity contribution in [1.29, 1.82) is 0 Å². The van der Waals surface area contributed by atoms with Gasteiger partial charge in [-0.2, -0.15) is 0 Å². The SMILES string of the molecule is Brc1cc2cc3c(cc2s1)sc1cc2sc(Br)cc2cc13.CCCCOCCc1cc2cc3c(cc2s1)sc1cc2sc(CCOCCCC)cc2cc13.CCOCCB1OC(C)(C)C(C)(C)O1. The minimum absolute atomic E-state index is 0.119. The van der Waals surface area contributed by atoms with Gasteiger partial charge in [0.1, 0.15) is 0 Å². The first-order valence-electron chi connectivity index (χ1n) is 23.9. The van der Waals surface area contributed by atoms with Gasteiger partial charge in [0, 0.05) is 114 Å². The van der Waals surface area contributed by atoms with E-state index in [-0.39, 0.29) is 18.3 Å².